The van der Waals surface area contributed by atoms with Crippen molar-refractivity contribution in [3.63, 3.8) is 0 Å². The van der Waals surface area contributed by atoms with E-state index in [1.54, 1.807) is 53.3 Å². The van der Waals surface area contributed by atoms with Gasteiger partial charge >= 0.3 is 0 Å². The first kappa shape index (κ1) is 21.3. The zero-order valence-electron chi connectivity index (χ0n) is 17.6. The second-order valence-electron chi connectivity index (χ2n) is 6.70. The molecule has 1 heterocycles. The van der Waals surface area contributed by atoms with E-state index in [4.69, 9.17) is 18.9 Å². The van der Waals surface area contributed by atoms with Gasteiger partial charge in [0.25, 0.3) is 11.8 Å². The van der Waals surface area contributed by atoms with Crippen molar-refractivity contribution in [1.82, 2.24) is 9.80 Å². The highest BCUT2D eigenvalue weighted by atomic mass is 16.5. The number of nitrogens with zero attached hydrogens (tertiary/aromatic N) is 2. The van der Waals surface area contributed by atoms with E-state index in [-0.39, 0.29) is 11.8 Å². The number of carbonyl (C=O) groups excluding carboxylic acids is 2. The van der Waals surface area contributed by atoms with E-state index >= 15 is 0 Å². The topological polar surface area (TPSA) is 77.5 Å². The standard InChI is InChI=1S/C22H26N2O6/c1-27-17-9-8-15(14-19(17)29-3)21(25)23-10-12-24(13-11-23)22(26)16-6-5-7-18(28-2)20(16)30-4/h5-9,14H,10-13H2,1-4H3. The van der Waals surface area contributed by atoms with E-state index in [2.05, 4.69) is 0 Å². The van der Waals surface area contributed by atoms with Crippen LogP contribution < -0.4 is 18.9 Å². The first-order chi connectivity index (χ1) is 14.5. The average molecular weight is 414 g/mol. The molecule has 30 heavy (non-hydrogen) atoms. The highest BCUT2D eigenvalue weighted by Crippen LogP contribution is 2.32. The van der Waals surface area contributed by atoms with Crippen molar-refractivity contribution in [1.29, 1.82) is 0 Å². The van der Waals surface area contributed by atoms with Crippen LogP contribution in [0.4, 0.5) is 0 Å². The summed E-state index contributed by atoms with van der Waals surface area (Å²) in [5.74, 6) is 1.73. The van der Waals surface area contributed by atoms with Gasteiger partial charge in [0.1, 0.15) is 0 Å². The summed E-state index contributed by atoms with van der Waals surface area (Å²) in [6.45, 7) is 1.73. The van der Waals surface area contributed by atoms with Crippen molar-refractivity contribution in [3.05, 3.63) is 47.5 Å². The van der Waals surface area contributed by atoms with Gasteiger partial charge in [-0.25, -0.2) is 0 Å². The molecule has 0 saturated carbocycles. The Morgan fingerprint density at radius 1 is 0.700 bits per heavy atom. The number of piperazine rings is 1. The van der Waals surface area contributed by atoms with Crippen LogP contribution in [-0.4, -0.2) is 76.2 Å². The summed E-state index contributed by atoms with van der Waals surface area (Å²) < 4.78 is 21.2. The van der Waals surface area contributed by atoms with E-state index in [0.29, 0.717) is 60.3 Å². The number of benzene rings is 2. The van der Waals surface area contributed by atoms with Gasteiger partial charge in [0.2, 0.25) is 0 Å². The summed E-state index contributed by atoms with van der Waals surface area (Å²) in [5.41, 5.74) is 0.957. The van der Waals surface area contributed by atoms with Gasteiger partial charge in [-0.2, -0.15) is 0 Å². The lowest BCUT2D eigenvalue weighted by atomic mass is 10.1. The number of rotatable bonds is 6. The number of carbonyl (C=O) groups is 2. The number of methoxy groups -OCH3 is 4. The molecule has 2 aromatic rings. The molecule has 0 unspecified atom stereocenters. The molecule has 8 heteroatoms. The fraction of sp³-hybridized carbons (Fsp3) is 0.364. The van der Waals surface area contributed by atoms with Gasteiger partial charge in [-0.3, -0.25) is 9.59 Å². The Balaban J connectivity index is 1.69. The molecule has 8 nitrogen and oxygen atoms in total. The highest BCUT2D eigenvalue weighted by Gasteiger charge is 2.28. The summed E-state index contributed by atoms with van der Waals surface area (Å²) in [5, 5.41) is 0. The van der Waals surface area contributed by atoms with Crippen LogP contribution in [0.1, 0.15) is 20.7 Å². The summed E-state index contributed by atoms with van der Waals surface area (Å²) in [6.07, 6.45) is 0. The minimum atomic E-state index is -0.149. The normalized spacial score (nSPS) is 13.6. The molecule has 2 amide bonds. The van der Waals surface area contributed by atoms with E-state index in [1.165, 1.54) is 21.3 Å². The zero-order chi connectivity index (χ0) is 21.7. The molecule has 0 spiro atoms. The van der Waals surface area contributed by atoms with E-state index < -0.39 is 0 Å². The van der Waals surface area contributed by atoms with Crippen LogP contribution in [0.5, 0.6) is 23.0 Å². The van der Waals surface area contributed by atoms with Gasteiger partial charge in [-0.1, -0.05) is 6.07 Å². The molecule has 2 aromatic carbocycles. The summed E-state index contributed by atoms with van der Waals surface area (Å²) in [6, 6.07) is 10.3. The lowest BCUT2D eigenvalue weighted by Crippen LogP contribution is -2.50. The molecule has 0 aromatic heterocycles. The van der Waals surface area contributed by atoms with Crippen molar-refractivity contribution in [2.45, 2.75) is 0 Å². The molecular formula is C22H26N2O6. The van der Waals surface area contributed by atoms with Gasteiger partial charge in [-0.05, 0) is 30.3 Å². The number of hydrogen-bond acceptors (Lipinski definition) is 6. The van der Waals surface area contributed by atoms with Crippen LogP contribution in [0.3, 0.4) is 0 Å². The lowest BCUT2D eigenvalue weighted by molar-refractivity contribution is 0.0533. The predicted octanol–water partition coefficient (Wildman–Crippen LogP) is 2.32. The van der Waals surface area contributed by atoms with Gasteiger partial charge in [0.15, 0.2) is 23.0 Å². The van der Waals surface area contributed by atoms with Crippen LogP contribution in [0.25, 0.3) is 0 Å². The third-order valence-electron chi connectivity index (χ3n) is 5.12. The van der Waals surface area contributed by atoms with Crippen LogP contribution >= 0.6 is 0 Å². The molecule has 0 aliphatic carbocycles. The van der Waals surface area contributed by atoms with E-state index in [9.17, 15) is 9.59 Å². The first-order valence-corrected chi connectivity index (χ1v) is 9.55. The Bertz CT molecular complexity index is 922. The number of ether oxygens (including phenoxy) is 4. The maximum atomic E-state index is 13.0. The summed E-state index contributed by atoms with van der Waals surface area (Å²) in [7, 11) is 6.12. The Kier molecular flexibility index (Phi) is 6.66. The Hall–Kier alpha value is -3.42. The van der Waals surface area contributed by atoms with Crippen LogP contribution in [0.2, 0.25) is 0 Å². The third kappa shape index (κ3) is 4.12. The molecule has 0 bridgehead atoms. The number of hydrogen-bond donors (Lipinski definition) is 0. The third-order valence-corrected chi connectivity index (χ3v) is 5.12. The Morgan fingerprint density at radius 3 is 1.87 bits per heavy atom. The molecule has 3 rings (SSSR count). The zero-order valence-corrected chi connectivity index (χ0v) is 17.6. The second kappa shape index (κ2) is 9.39. The van der Waals surface area contributed by atoms with Crippen molar-refractivity contribution in [3.8, 4) is 23.0 Å². The molecule has 0 N–H and O–H groups in total. The van der Waals surface area contributed by atoms with Gasteiger partial charge < -0.3 is 28.7 Å². The number of para-hydroxylation sites is 1. The fourth-order valence-corrected chi connectivity index (χ4v) is 3.49. The van der Waals surface area contributed by atoms with Crippen molar-refractivity contribution in [2.75, 3.05) is 54.6 Å². The average Bonchev–Trinajstić information content (AvgIpc) is 2.82. The lowest BCUT2D eigenvalue weighted by Gasteiger charge is -2.35. The SMILES string of the molecule is COc1ccc(C(=O)N2CCN(C(=O)c3cccc(OC)c3OC)CC2)cc1OC. The molecule has 0 radical (unpaired) electrons. The summed E-state index contributed by atoms with van der Waals surface area (Å²) in [4.78, 5) is 29.3. The minimum absolute atomic E-state index is 0.109. The maximum Gasteiger partial charge on any atom is 0.257 e. The van der Waals surface area contributed by atoms with Gasteiger partial charge in [-0.15, -0.1) is 0 Å². The number of amides is 2. The molecule has 1 saturated heterocycles. The quantitative estimate of drug-likeness (QED) is 0.722. The van der Waals surface area contributed by atoms with Crippen molar-refractivity contribution < 1.29 is 28.5 Å². The largest absolute Gasteiger partial charge is 0.493 e. The monoisotopic (exact) mass is 414 g/mol. The molecule has 1 aliphatic heterocycles. The smallest absolute Gasteiger partial charge is 0.257 e. The maximum absolute atomic E-state index is 13.0. The fourth-order valence-electron chi connectivity index (χ4n) is 3.49. The summed E-state index contributed by atoms with van der Waals surface area (Å²) >= 11 is 0. The Morgan fingerprint density at radius 2 is 1.30 bits per heavy atom. The Labute approximate surface area is 175 Å². The molecule has 1 fully saturated rings. The molecular weight excluding hydrogens is 388 g/mol. The van der Waals surface area contributed by atoms with E-state index in [0.717, 1.165) is 0 Å². The molecule has 160 valence electrons. The van der Waals surface area contributed by atoms with Crippen LogP contribution in [-0.2, 0) is 0 Å². The van der Waals surface area contributed by atoms with E-state index in [1.807, 2.05) is 0 Å². The first-order valence-electron chi connectivity index (χ1n) is 9.55. The van der Waals surface area contributed by atoms with Gasteiger partial charge in [0.05, 0.1) is 34.0 Å². The second-order valence-corrected chi connectivity index (χ2v) is 6.70. The molecule has 0 atom stereocenters. The van der Waals surface area contributed by atoms with Gasteiger partial charge in [0, 0.05) is 31.7 Å². The molecule has 1 aliphatic rings. The van der Waals surface area contributed by atoms with Crippen molar-refractivity contribution in [2.24, 2.45) is 0 Å². The predicted molar refractivity (Wildman–Crippen MR) is 111 cm³/mol. The van der Waals surface area contributed by atoms with Crippen molar-refractivity contribution >= 4 is 11.8 Å². The highest BCUT2D eigenvalue weighted by molar-refractivity contribution is 5.98. The van der Waals surface area contributed by atoms with Crippen LogP contribution in [0, 0.1) is 0 Å². The minimum Gasteiger partial charge on any atom is -0.493 e. The van der Waals surface area contributed by atoms with Crippen LogP contribution in [0.15, 0.2) is 36.4 Å².